The lowest BCUT2D eigenvalue weighted by molar-refractivity contribution is -0.134. The Morgan fingerprint density at radius 3 is 2.64 bits per heavy atom. The monoisotopic (exact) mass is 527 g/mol. The number of nitrogens with zero attached hydrogens (tertiary/aromatic N) is 1. The van der Waals surface area contributed by atoms with Crippen molar-refractivity contribution in [2.24, 2.45) is 10.9 Å². The number of sulfone groups is 1. The number of hydrogen-bond donors (Lipinski definition) is 2. The van der Waals surface area contributed by atoms with E-state index in [1.807, 2.05) is 0 Å². The minimum absolute atomic E-state index is 0. The summed E-state index contributed by atoms with van der Waals surface area (Å²) in [5.74, 6) is 1.53. The van der Waals surface area contributed by atoms with Gasteiger partial charge in [0.15, 0.2) is 15.8 Å². The summed E-state index contributed by atoms with van der Waals surface area (Å²) in [6.45, 7) is 2.96. The molecule has 3 saturated heterocycles. The standard InChI is InChI=1S/C19H33N3O4S.HI/c23-27(24)10-5-15(14-27)12-20-18(21-13-17-3-1-8-25-17)22-16-4-9-26-19(11-16)6-2-7-19;/h15-17H,1-14H2,(H2,20,21,22);1H. The largest absolute Gasteiger partial charge is 0.376 e. The van der Waals surface area contributed by atoms with E-state index in [1.165, 1.54) is 19.3 Å². The molecule has 0 amide bonds. The Balaban J connectivity index is 0.00000225. The zero-order valence-corrected chi connectivity index (χ0v) is 19.7. The van der Waals surface area contributed by atoms with Crippen molar-refractivity contribution in [3.05, 3.63) is 0 Å². The van der Waals surface area contributed by atoms with Gasteiger partial charge in [0.1, 0.15) is 0 Å². The van der Waals surface area contributed by atoms with Gasteiger partial charge in [-0.05, 0) is 57.3 Å². The summed E-state index contributed by atoms with van der Waals surface area (Å²) in [7, 11) is -2.85. The first kappa shape index (κ1) is 22.6. The maximum atomic E-state index is 11.7. The van der Waals surface area contributed by atoms with Crippen molar-refractivity contribution in [1.29, 1.82) is 0 Å². The van der Waals surface area contributed by atoms with Gasteiger partial charge in [-0.1, -0.05) is 0 Å². The Hall–Kier alpha value is -0.130. The van der Waals surface area contributed by atoms with Gasteiger partial charge < -0.3 is 20.1 Å². The van der Waals surface area contributed by atoms with Crippen LogP contribution in [0.1, 0.15) is 51.4 Å². The summed E-state index contributed by atoms with van der Waals surface area (Å²) in [6.07, 6.45) is 8.80. The second-order valence-corrected chi connectivity index (χ2v) is 10.9. The van der Waals surface area contributed by atoms with E-state index in [4.69, 9.17) is 14.5 Å². The van der Waals surface area contributed by atoms with Crippen LogP contribution in [0.5, 0.6) is 0 Å². The lowest BCUT2D eigenvalue weighted by Crippen LogP contribution is -2.54. The van der Waals surface area contributed by atoms with Crippen LogP contribution in [0.2, 0.25) is 0 Å². The van der Waals surface area contributed by atoms with Gasteiger partial charge >= 0.3 is 0 Å². The smallest absolute Gasteiger partial charge is 0.191 e. The molecule has 1 aliphatic carbocycles. The Kier molecular flexibility index (Phi) is 7.88. The zero-order chi connectivity index (χ0) is 18.7. The van der Waals surface area contributed by atoms with Gasteiger partial charge in [0, 0.05) is 32.3 Å². The zero-order valence-electron chi connectivity index (χ0n) is 16.5. The first-order valence-corrected chi connectivity index (χ1v) is 12.3. The van der Waals surface area contributed by atoms with E-state index in [0.29, 0.717) is 18.3 Å². The van der Waals surface area contributed by atoms with Crippen LogP contribution in [-0.2, 0) is 19.3 Å². The molecule has 3 atom stereocenters. The molecule has 1 saturated carbocycles. The third-order valence-corrected chi connectivity index (χ3v) is 8.29. The Labute approximate surface area is 185 Å². The number of guanidine groups is 1. The van der Waals surface area contributed by atoms with Crippen LogP contribution in [0.3, 0.4) is 0 Å². The average Bonchev–Trinajstić information content (AvgIpc) is 3.25. The molecule has 162 valence electrons. The molecule has 4 fully saturated rings. The van der Waals surface area contributed by atoms with E-state index in [-0.39, 0.29) is 47.4 Å². The fourth-order valence-corrected chi connectivity index (χ4v) is 6.52. The van der Waals surface area contributed by atoms with Gasteiger partial charge in [-0.2, -0.15) is 0 Å². The van der Waals surface area contributed by atoms with Crippen molar-refractivity contribution in [1.82, 2.24) is 10.6 Å². The van der Waals surface area contributed by atoms with Crippen molar-refractivity contribution in [3.8, 4) is 0 Å². The quantitative estimate of drug-likeness (QED) is 0.323. The van der Waals surface area contributed by atoms with Crippen molar-refractivity contribution < 1.29 is 17.9 Å². The molecule has 0 aromatic heterocycles. The number of ether oxygens (including phenoxy) is 2. The van der Waals surface area contributed by atoms with Crippen LogP contribution in [0.15, 0.2) is 4.99 Å². The van der Waals surface area contributed by atoms with Crippen molar-refractivity contribution >= 4 is 39.8 Å². The van der Waals surface area contributed by atoms with Gasteiger partial charge in [0.25, 0.3) is 0 Å². The third-order valence-electron chi connectivity index (χ3n) is 6.45. The number of halogens is 1. The van der Waals surface area contributed by atoms with Gasteiger partial charge in [0.2, 0.25) is 0 Å². The van der Waals surface area contributed by atoms with Gasteiger partial charge in [-0.25, -0.2) is 8.42 Å². The van der Waals surface area contributed by atoms with Crippen molar-refractivity contribution in [2.45, 2.75) is 69.1 Å². The van der Waals surface area contributed by atoms with Crippen LogP contribution in [0.25, 0.3) is 0 Å². The van der Waals surface area contributed by atoms with E-state index in [0.717, 1.165) is 57.8 Å². The molecule has 4 aliphatic rings. The molecule has 9 heteroatoms. The molecule has 0 radical (unpaired) electrons. The van der Waals surface area contributed by atoms with Crippen LogP contribution < -0.4 is 10.6 Å². The molecule has 0 bridgehead atoms. The Morgan fingerprint density at radius 1 is 1.14 bits per heavy atom. The molecule has 3 heterocycles. The molecule has 7 nitrogen and oxygen atoms in total. The number of hydrogen-bond acceptors (Lipinski definition) is 5. The van der Waals surface area contributed by atoms with E-state index in [1.54, 1.807) is 0 Å². The Bertz CT molecular complexity index is 648. The van der Waals surface area contributed by atoms with Gasteiger partial charge in [-0.3, -0.25) is 4.99 Å². The minimum atomic E-state index is -2.85. The first-order valence-electron chi connectivity index (χ1n) is 10.5. The molecule has 0 aromatic rings. The van der Waals surface area contributed by atoms with Crippen molar-refractivity contribution in [2.75, 3.05) is 37.8 Å². The molecule has 0 aromatic carbocycles. The predicted octanol–water partition coefficient (Wildman–Crippen LogP) is 1.86. The Morgan fingerprint density at radius 2 is 2.00 bits per heavy atom. The molecule has 2 N–H and O–H groups in total. The number of aliphatic imine (C=N–C) groups is 1. The van der Waals surface area contributed by atoms with Crippen LogP contribution in [0.4, 0.5) is 0 Å². The molecule has 28 heavy (non-hydrogen) atoms. The predicted molar refractivity (Wildman–Crippen MR) is 120 cm³/mol. The highest BCUT2D eigenvalue weighted by atomic mass is 127. The van der Waals surface area contributed by atoms with E-state index >= 15 is 0 Å². The maximum absolute atomic E-state index is 11.7. The molecule has 1 spiro atoms. The molecule has 3 unspecified atom stereocenters. The fraction of sp³-hybridized carbons (Fsp3) is 0.947. The summed E-state index contributed by atoms with van der Waals surface area (Å²) in [6, 6.07) is 0.363. The summed E-state index contributed by atoms with van der Waals surface area (Å²) in [5, 5.41) is 7.04. The lowest BCUT2D eigenvalue weighted by atomic mass is 9.74. The fourth-order valence-electron chi connectivity index (χ4n) is 4.67. The minimum Gasteiger partial charge on any atom is -0.376 e. The molecular formula is C19H34IN3O4S. The normalized spacial score (nSPS) is 33.9. The van der Waals surface area contributed by atoms with Crippen LogP contribution in [-0.4, -0.2) is 69.9 Å². The lowest BCUT2D eigenvalue weighted by Gasteiger charge is -2.47. The molecule has 4 rings (SSSR count). The highest BCUT2D eigenvalue weighted by Gasteiger charge is 2.42. The summed E-state index contributed by atoms with van der Waals surface area (Å²) in [5.41, 5.74) is 0.0924. The van der Waals surface area contributed by atoms with E-state index in [2.05, 4.69) is 10.6 Å². The van der Waals surface area contributed by atoms with Gasteiger partial charge in [-0.15, -0.1) is 24.0 Å². The number of nitrogens with one attached hydrogen (secondary N) is 2. The van der Waals surface area contributed by atoms with E-state index in [9.17, 15) is 8.42 Å². The highest BCUT2D eigenvalue weighted by Crippen LogP contribution is 2.42. The number of rotatable bonds is 5. The average molecular weight is 527 g/mol. The SMILES string of the molecule is I.O=S1(=O)CCC(CN=C(NCC2CCCO2)NC2CCOC3(CCC3)C2)C1. The summed E-state index contributed by atoms with van der Waals surface area (Å²) < 4.78 is 35.2. The summed E-state index contributed by atoms with van der Waals surface area (Å²) in [4.78, 5) is 4.75. The summed E-state index contributed by atoms with van der Waals surface area (Å²) >= 11 is 0. The topological polar surface area (TPSA) is 89.0 Å². The second kappa shape index (κ2) is 9.78. The maximum Gasteiger partial charge on any atom is 0.191 e. The third kappa shape index (κ3) is 5.95. The van der Waals surface area contributed by atoms with E-state index < -0.39 is 9.84 Å². The van der Waals surface area contributed by atoms with Gasteiger partial charge in [0.05, 0.1) is 23.2 Å². The van der Waals surface area contributed by atoms with Crippen LogP contribution in [0, 0.1) is 5.92 Å². The van der Waals surface area contributed by atoms with Crippen LogP contribution >= 0.6 is 24.0 Å². The second-order valence-electron chi connectivity index (χ2n) is 8.69. The first-order chi connectivity index (χ1) is 13.0. The molecular weight excluding hydrogens is 493 g/mol. The molecule has 3 aliphatic heterocycles. The van der Waals surface area contributed by atoms with Crippen molar-refractivity contribution in [3.63, 3.8) is 0 Å². The highest BCUT2D eigenvalue weighted by molar-refractivity contribution is 14.0.